The average Bonchev–Trinajstić information content (AvgIpc) is 2.48. The Morgan fingerprint density at radius 3 is 2.54 bits per heavy atom. The molecule has 0 spiro atoms. The van der Waals surface area contributed by atoms with Crippen molar-refractivity contribution >= 4 is 35.5 Å². The van der Waals surface area contributed by atoms with Gasteiger partial charge in [0.2, 0.25) is 0 Å². The maximum absolute atomic E-state index is 5.97. The van der Waals surface area contributed by atoms with Crippen LogP contribution in [0.25, 0.3) is 0 Å². The first-order valence-corrected chi connectivity index (χ1v) is 5.52. The molecule has 0 bridgehead atoms. The lowest BCUT2D eigenvalue weighted by molar-refractivity contribution is 0.274. The molecule has 2 rings (SSSR count). The molecule has 0 aromatic carbocycles. The highest BCUT2D eigenvalue weighted by molar-refractivity contribution is 7.96. The van der Waals surface area contributed by atoms with Gasteiger partial charge >= 0.3 is 0 Å². The number of hydrogen-bond donors (Lipinski definition) is 2. The Kier molecular flexibility index (Phi) is 2.98. The predicted molar refractivity (Wildman–Crippen MR) is 55.7 cm³/mol. The van der Waals surface area contributed by atoms with E-state index in [1.165, 1.54) is 16.0 Å². The SMILES string of the molecule is ClC1=C(N2CCNCC2)N(Cl)SN1. The van der Waals surface area contributed by atoms with Gasteiger partial charge in [0, 0.05) is 38.0 Å². The topological polar surface area (TPSA) is 30.5 Å². The van der Waals surface area contributed by atoms with E-state index in [9.17, 15) is 0 Å². The number of hydrogen-bond acceptors (Lipinski definition) is 5. The molecule has 2 aliphatic heterocycles. The third-order valence-electron chi connectivity index (χ3n) is 1.99. The molecule has 1 fully saturated rings. The molecule has 2 N–H and O–H groups in total. The Hall–Kier alpha value is 0.0300. The lowest BCUT2D eigenvalue weighted by Gasteiger charge is -2.31. The van der Waals surface area contributed by atoms with E-state index in [-0.39, 0.29) is 0 Å². The molecule has 2 aliphatic rings. The van der Waals surface area contributed by atoms with E-state index in [0.717, 1.165) is 32.0 Å². The molecular weight excluding hydrogens is 231 g/mol. The van der Waals surface area contributed by atoms with Gasteiger partial charge in [-0.15, -0.1) is 0 Å². The molecule has 1 saturated heterocycles. The Morgan fingerprint density at radius 2 is 2.00 bits per heavy atom. The van der Waals surface area contributed by atoms with Crippen LogP contribution in [-0.4, -0.2) is 34.9 Å². The third kappa shape index (κ3) is 1.93. The zero-order chi connectivity index (χ0) is 9.26. The van der Waals surface area contributed by atoms with Gasteiger partial charge in [-0.2, -0.15) is 3.82 Å². The highest BCUT2D eigenvalue weighted by atomic mass is 35.5. The average molecular weight is 241 g/mol. The van der Waals surface area contributed by atoms with Crippen LogP contribution in [0.4, 0.5) is 0 Å². The lowest BCUT2D eigenvalue weighted by Crippen LogP contribution is -2.44. The summed E-state index contributed by atoms with van der Waals surface area (Å²) in [6, 6.07) is 0. The summed E-state index contributed by atoms with van der Waals surface area (Å²) in [6.07, 6.45) is 0. The normalized spacial score (nSPS) is 23.8. The fourth-order valence-electron chi connectivity index (χ4n) is 1.37. The molecule has 0 aromatic rings. The van der Waals surface area contributed by atoms with Crippen LogP contribution < -0.4 is 10.0 Å². The van der Waals surface area contributed by atoms with Crippen molar-refractivity contribution < 1.29 is 0 Å². The van der Waals surface area contributed by atoms with E-state index in [2.05, 4.69) is 14.9 Å². The highest BCUT2D eigenvalue weighted by Crippen LogP contribution is 2.32. The lowest BCUT2D eigenvalue weighted by atomic mass is 10.4. The van der Waals surface area contributed by atoms with Crippen molar-refractivity contribution in [2.75, 3.05) is 26.2 Å². The van der Waals surface area contributed by atoms with Crippen LogP contribution in [0.5, 0.6) is 0 Å². The summed E-state index contributed by atoms with van der Waals surface area (Å²) in [5, 5.41) is 3.88. The molecule has 0 amide bonds. The summed E-state index contributed by atoms with van der Waals surface area (Å²) in [5.41, 5.74) is 0. The second-order valence-electron chi connectivity index (χ2n) is 2.81. The largest absolute Gasteiger partial charge is 0.351 e. The van der Waals surface area contributed by atoms with Gasteiger partial charge in [0.25, 0.3) is 0 Å². The molecule has 0 saturated carbocycles. The summed E-state index contributed by atoms with van der Waals surface area (Å²) in [7, 11) is 0. The van der Waals surface area contributed by atoms with Gasteiger partial charge < -0.3 is 10.2 Å². The fourth-order valence-corrected chi connectivity index (χ4v) is 2.61. The first-order valence-electron chi connectivity index (χ1n) is 4.03. The second kappa shape index (κ2) is 4.04. The minimum Gasteiger partial charge on any atom is -0.351 e. The van der Waals surface area contributed by atoms with Crippen LogP contribution in [0.3, 0.4) is 0 Å². The molecule has 74 valence electrons. The zero-order valence-corrected chi connectivity index (χ0v) is 9.22. The van der Waals surface area contributed by atoms with Gasteiger partial charge in [0.05, 0.1) is 12.1 Å². The molecule has 7 heteroatoms. The maximum atomic E-state index is 5.97. The molecule has 2 heterocycles. The van der Waals surface area contributed by atoms with E-state index in [1.807, 2.05) is 0 Å². The standard InChI is InChI=1S/C6H10Cl2N4S/c7-5-6(12(8)13-10-5)11-3-1-9-2-4-11/h9-10H,1-4H2. The summed E-state index contributed by atoms with van der Waals surface area (Å²) in [4.78, 5) is 2.17. The molecule has 0 aromatic heterocycles. The van der Waals surface area contributed by atoms with Gasteiger partial charge in [-0.1, -0.05) is 11.6 Å². The van der Waals surface area contributed by atoms with Crippen LogP contribution in [0.1, 0.15) is 0 Å². The molecule has 0 aliphatic carbocycles. The summed E-state index contributed by atoms with van der Waals surface area (Å²) in [5.74, 6) is 0.870. The number of nitrogens with zero attached hydrogens (tertiary/aromatic N) is 2. The summed E-state index contributed by atoms with van der Waals surface area (Å²) in [6.45, 7) is 3.83. The monoisotopic (exact) mass is 240 g/mol. The van der Waals surface area contributed by atoms with E-state index in [1.54, 1.807) is 0 Å². The predicted octanol–water partition coefficient (Wildman–Crippen LogP) is 0.879. The number of halogens is 2. The molecular formula is C6H10Cl2N4S. The van der Waals surface area contributed by atoms with E-state index in [4.69, 9.17) is 23.4 Å². The molecule has 0 atom stereocenters. The number of nitrogens with one attached hydrogen (secondary N) is 2. The van der Waals surface area contributed by atoms with Crippen molar-refractivity contribution in [3.05, 3.63) is 11.0 Å². The summed E-state index contributed by atoms with van der Waals surface area (Å²) < 4.78 is 4.45. The fraction of sp³-hybridized carbons (Fsp3) is 0.667. The molecule has 0 radical (unpaired) electrons. The number of piperazine rings is 1. The Bertz CT molecular complexity index is 229. The molecule has 4 nitrogen and oxygen atoms in total. The first kappa shape index (κ1) is 9.58. The van der Waals surface area contributed by atoms with Crippen LogP contribution in [0.2, 0.25) is 0 Å². The van der Waals surface area contributed by atoms with Gasteiger partial charge in [0.15, 0.2) is 11.0 Å². The molecule has 0 unspecified atom stereocenters. The second-order valence-corrected chi connectivity index (χ2v) is 4.48. The van der Waals surface area contributed by atoms with E-state index in [0.29, 0.717) is 5.16 Å². The van der Waals surface area contributed by atoms with Gasteiger partial charge in [-0.25, -0.2) is 0 Å². The van der Waals surface area contributed by atoms with Crippen LogP contribution in [0.15, 0.2) is 11.0 Å². The van der Waals surface area contributed by atoms with Crippen LogP contribution in [0, 0.1) is 0 Å². The Labute approximate surface area is 91.6 Å². The van der Waals surface area contributed by atoms with Crippen molar-refractivity contribution in [3.8, 4) is 0 Å². The van der Waals surface area contributed by atoms with Gasteiger partial charge in [-0.05, 0) is 0 Å². The minimum atomic E-state index is 0.613. The highest BCUT2D eigenvalue weighted by Gasteiger charge is 2.27. The van der Waals surface area contributed by atoms with E-state index >= 15 is 0 Å². The third-order valence-corrected chi connectivity index (χ3v) is 3.37. The first-order chi connectivity index (χ1) is 6.29. The maximum Gasteiger partial charge on any atom is 0.168 e. The van der Waals surface area contributed by atoms with Crippen molar-refractivity contribution in [2.24, 2.45) is 0 Å². The van der Waals surface area contributed by atoms with Gasteiger partial charge in [-0.3, -0.25) is 4.72 Å². The van der Waals surface area contributed by atoms with Crippen LogP contribution >= 0.6 is 35.5 Å². The number of rotatable bonds is 1. The quantitative estimate of drug-likeness (QED) is 0.404. The van der Waals surface area contributed by atoms with Crippen LogP contribution in [-0.2, 0) is 0 Å². The van der Waals surface area contributed by atoms with Crippen molar-refractivity contribution in [2.45, 2.75) is 0 Å². The van der Waals surface area contributed by atoms with E-state index < -0.39 is 0 Å². The van der Waals surface area contributed by atoms with Crippen molar-refractivity contribution in [1.82, 2.24) is 18.8 Å². The molecule has 13 heavy (non-hydrogen) atoms. The smallest absolute Gasteiger partial charge is 0.168 e. The zero-order valence-electron chi connectivity index (χ0n) is 6.89. The minimum absolute atomic E-state index is 0.613. The van der Waals surface area contributed by atoms with Gasteiger partial charge in [0.1, 0.15) is 0 Å². The Balaban J connectivity index is 2.09. The van der Waals surface area contributed by atoms with Crippen molar-refractivity contribution in [3.63, 3.8) is 0 Å². The Morgan fingerprint density at radius 1 is 1.31 bits per heavy atom. The van der Waals surface area contributed by atoms with Crippen molar-refractivity contribution in [1.29, 1.82) is 0 Å². The summed E-state index contributed by atoms with van der Waals surface area (Å²) >= 11 is 13.2.